The fourth-order valence-corrected chi connectivity index (χ4v) is 3.60. The predicted molar refractivity (Wildman–Crippen MR) is 113 cm³/mol. The van der Waals surface area contributed by atoms with Crippen molar-refractivity contribution in [2.45, 2.75) is 110 Å². The second-order valence-electron chi connectivity index (χ2n) is 7.73. The molecule has 1 unspecified atom stereocenters. The van der Waals surface area contributed by atoms with Gasteiger partial charge in [0.1, 0.15) is 0 Å². The van der Waals surface area contributed by atoms with Crippen LogP contribution in [0.15, 0.2) is 4.99 Å². The van der Waals surface area contributed by atoms with Gasteiger partial charge in [-0.2, -0.15) is 0 Å². The number of hydrogen-bond acceptors (Lipinski definition) is 3. The van der Waals surface area contributed by atoms with Crippen LogP contribution in [-0.4, -0.2) is 42.8 Å². The zero-order valence-corrected chi connectivity index (χ0v) is 17.5. The molecular formula is C22H43N3O. The van der Waals surface area contributed by atoms with E-state index in [-0.39, 0.29) is 12.1 Å². The molecule has 4 heteroatoms. The van der Waals surface area contributed by atoms with E-state index in [4.69, 9.17) is 0 Å². The molecule has 0 fully saturated rings. The molecule has 0 aliphatic carbocycles. The van der Waals surface area contributed by atoms with Crippen molar-refractivity contribution in [1.82, 2.24) is 10.2 Å². The molecule has 0 aromatic heterocycles. The summed E-state index contributed by atoms with van der Waals surface area (Å²) in [6.07, 6.45) is 19.9. The number of aliphatic imine (C=N–C) groups is 1. The molecule has 152 valence electrons. The summed E-state index contributed by atoms with van der Waals surface area (Å²) in [7, 11) is 0. The normalized spacial score (nSPS) is 16.5. The minimum absolute atomic E-state index is 0.128. The molecule has 0 aromatic carbocycles. The average Bonchev–Trinajstić information content (AvgIpc) is 2.62. The molecule has 0 saturated heterocycles. The van der Waals surface area contributed by atoms with Gasteiger partial charge >= 0.3 is 0 Å². The van der Waals surface area contributed by atoms with Crippen LogP contribution in [0.3, 0.4) is 0 Å². The molecule has 4 nitrogen and oxygen atoms in total. The van der Waals surface area contributed by atoms with E-state index in [1.54, 1.807) is 0 Å². The smallest absolute Gasteiger partial charge is 0.224 e. The summed E-state index contributed by atoms with van der Waals surface area (Å²) in [6.45, 7) is 6.86. The number of carbonyl (C=O) groups is 1. The van der Waals surface area contributed by atoms with Gasteiger partial charge in [-0.05, 0) is 32.5 Å². The Labute approximate surface area is 162 Å². The Balaban J connectivity index is 1.92. The summed E-state index contributed by atoms with van der Waals surface area (Å²) in [5.41, 5.74) is 0. The third kappa shape index (κ3) is 11.7. The molecule has 0 spiro atoms. The number of amides is 1. The van der Waals surface area contributed by atoms with Crippen molar-refractivity contribution in [1.29, 1.82) is 0 Å². The Morgan fingerprint density at radius 2 is 1.58 bits per heavy atom. The van der Waals surface area contributed by atoms with Gasteiger partial charge in [0, 0.05) is 13.0 Å². The molecule has 0 saturated carbocycles. The van der Waals surface area contributed by atoms with Crippen LogP contribution in [0.1, 0.15) is 104 Å². The number of nitrogens with one attached hydrogen (secondary N) is 1. The van der Waals surface area contributed by atoms with E-state index >= 15 is 0 Å². The third-order valence-corrected chi connectivity index (χ3v) is 5.34. The van der Waals surface area contributed by atoms with E-state index in [1.165, 1.54) is 77.0 Å². The van der Waals surface area contributed by atoms with Crippen LogP contribution < -0.4 is 5.32 Å². The Kier molecular flexibility index (Phi) is 14.5. The number of unbranched alkanes of at least 4 members (excludes halogenated alkanes) is 11. The van der Waals surface area contributed by atoms with E-state index < -0.39 is 0 Å². The highest BCUT2D eigenvalue weighted by Gasteiger charge is 2.19. The van der Waals surface area contributed by atoms with Crippen molar-refractivity contribution in [3.8, 4) is 0 Å². The molecule has 0 radical (unpaired) electrons. The average molecular weight is 366 g/mol. The SMILES string of the molecule is CCCCCCCCCCCCCCNC(C)N1CCN=CCCC1=O. The second kappa shape index (κ2) is 16.3. The maximum absolute atomic E-state index is 12.2. The summed E-state index contributed by atoms with van der Waals surface area (Å²) in [4.78, 5) is 18.4. The van der Waals surface area contributed by atoms with E-state index in [0.717, 1.165) is 26.1 Å². The van der Waals surface area contributed by atoms with Gasteiger partial charge in [0.05, 0.1) is 12.7 Å². The summed E-state index contributed by atoms with van der Waals surface area (Å²) >= 11 is 0. The molecular weight excluding hydrogens is 322 g/mol. The number of nitrogens with zero attached hydrogens (tertiary/aromatic N) is 2. The zero-order chi connectivity index (χ0) is 18.9. The second-order valence-corrected chi connectivity index (χ2v) is 7.73. The van der Waals surface area contributed by atoms with Gasteiger partial charge in [-0.25, -0.2) is 0 Å². The van der Waals surface area contributed by atoms with Crippen LogP contribution in [-0.2, 0) is 4.79 Å². The monoisotopic (exact) mass is 365 g/mol. The topological polar surface area (TPSA) is 44.7 Å². The Morgan fingerprint density at radius 3 is 2.19 bits per heavy atom. The van der Waals surface area contributed by atoms with E-state index in [2.05, 4.69) is 24.2 Å². The van der Waals surface area contributed by atoms with Crippen LogP contribution in [0.2, 0.25) is 0 Å². The minimum Gasteiger partial charge on any atom is -0.326 e. The fourth-order valence-electron chi connectivity index (χ4n) is 3.60. The van der Waals surface area contributed by atoms with Gasteiger partial charge < -0.3 is 4.90 Å². The van der Waals surface area contributed by atoms with Gasteiger partial charge in [0.25, 0.3) is 0 Å². The molecule has 1 atom stereocenters. The van der Waals surface area contributed by atoms with Crippen molar-refractivity contribution in [3.63, 3.8) is 0 Å². The molecule has 26 heavy (non-hydrogen) atoms. The van der Waals surface area contributed by atoms with Gasteiger partial charge in [0.2, 0.25) is 5.91 Å². The summed E-state index contributed by atoms with van der Waals surface area (Å²) in [6, 6.07) is 0. The first-order valence-corrected chi connectivity index (χ1v) is 11.3. The van der Waals surface area contributed by atoms with Crippen molar-refractivity contribution in [2.75, 3.05) is 19.6 Å². The standard InChI is InChI=1S/C22H43N3O/c1-3-4-5-6-7-8-9-10-11-12-13-14-18-24-21(2)25-20-19-23-17-15-16-22(25)26/h17,21,24H,3-16,18-20H2,1-2H3. The Bertz CT molecular complexity index is 370. The molecule has 1 aliphatic rings. The molecule has 1 aliphatic heterocycles. The lowest BCUT2D eigenvalue weighted by atomic mass is 10.1. The Hall–Kier alpha value is -0.900. The van der Waals surface area contributed by atoms with Crippen molar-refractivity contribution in [2.24, 2.45) is 4.99 Å². The third-order valence-electron chi connectivity index (χ3n) is 5.34. The lowest BCUT2D eigenvalue weighted by Crippen LogP contribution is -2.48. The summed E-state index contributed by atoms with van der Waals surface area (Å²) in [5.74, 6) is 0.255. The van der Waals surface area contributed by atoms with Crippen LogP contribution in [0.25, 0.3) is 0 Å². The molecule has 1 amide bonds. The quantitative estimate of drug-likeness (QED) is 0.399. The fraction of sp³-hybridized carbons (Fsp3) is 0.909. The van der Waals surface area contributed by atoms with E-state index in [0.29, 0.717) is 6.42 Å². The highest BCUT2D eigenvalue weighted by molar-refractivity contribution is 5.79. The van der Waals surface area contributed by atoms with Crippen LogP contribution in [0.4, 0.5) is 0 Å². The number of rotatable bonds is 15. The lowest BCUT2D eigenvalue weighted by molar-refractivity contribution is -0.133. The largest absolute Gasteiger partial charge is 0.326 e. The highest BCUT2D eigenvalue weighted by atomic mass is 16.2. The summed E-state index contributed by atoms with van der Waals surface area (Å²) in [5, 5.41) is 3.52. The first-order chi connectivity index (χ1) is 12.8. The Morgan fingerprint density at radius 1 is 1.00 bits per heavy atom. The van der Waals surface area contributed by atoms with E-state index in [1.807, 2.05) is 11.1 Å². The van der Waals surface area contributed by atoms with Gasteiger partial charge in [-0.1, -0.05) is 77.6 Å². The number of hydrogen-bond donors (Lipinski definition) is 1. The lowest BCUT2D eigenvalue weighted by Gasteiger charge is -2.30. The first kappa shape index (κ1) is 23.1. The number of carbonyl (C=O) groups excluding carboxylic acids is 1. The zero-order valence-electron chi connectivity index (χ0n) is 17.5. The maximum Gasteiger partial charge on any atom is 0.224 e. The van der Waals surface area contributed by atoms with E-state index in [9.17, 15) is 4.79 Å². The van der Waals surface area contributed by atoms with Gasteiger partial charge in [-0.3, -0.25) is 15.1 Å². The van der Waals surface area contributed by atoms with Crippen LogP contribution in [0, 0.1) is 0 Å². The molecule has 1 rings (SSSR count). The predicted octanol–water partition coefficient (Wildman–Crippen LogP) is 5.32. The summed E-state index contributed by atoms with van der Waals surface area (Å²) < 4.78 is 0. The highest BCUT2D eigenvalue weighted by Crippen LogP contribution is 2.12. The molecule has 0 bridgehead atoms. The van der Waals surface area contributed by atoms with Gasteiger partial charge in [0.15, 0.2) is 0 Å². The first-order valence-electron chi connectivity index (χ1n) is 11.3. The molecule has 1 heterocycles. The molecule has 0 aromatic rings. The maximum atomic E-state index is 12.2. The van der Waals surface area contributed by atoms with Crippen LogP contribution in [0.5, 0.6) is 0 Å². The van der Waals surface area contributed by atoms with Crippen molar-refractivity contribution < 1.29 is 4.79 Å². The van der Waals surface area contributed by atoms with Crippen LogP contribution >= 0.6 is 0 Å². The van der Waals surface area contributed by atoms with Crippen molar-refractivity contribution in [3.05, 3.63) is 0 Å². The molecule has 1 N–H and O–H groups in total. The van der Waals surface area contributed by atoms with Crippen molar-refractivity contribution >= 4 is 12.1 Å². The minimum atomic E-state index is 0.128. The van der Waals surface area contributed by atoms with Gasteiger partial charge in [-0.15, -0.1) is 0 Å².